The summed E-state index contributed by atoms with van der Waals surface area (Å²) in [5.74, 6) is 1.10. The molecule has 0 amide bonds. The molecule has 4 nitrogen and oxygen atoms in total. The van der Waals surface area contributed by atoms with E-state index in [-0.39, 0.29) is 11.5 Å². The molecule has 27 heavy (non-hydrogen) atoms. The number of aryl methyl sites for hydroxylation is 1. The predicted octanol–water partition coefficient (Wildman–Crippen LogP) is 4.90. The maximum absolute atomic E-state index is 13.5. The minimum absolute atomic E-state index is 0.0904. The van der Waals surface area contributed by atoms with E-state index in [1.807, 2.05) is 4.57 Å². The normalized spacial score (nSPS) is 11.8. The third-order valence-corrected chi connectivity index (χ3v) is 6.01. The molecular weight excluding hydrogens is 354 g/mol. The largest absolute Gasteiger partial charge is 0.302 e. The molecule has 3 rings (SSSR count). The number of hydrogen-bond acceptors (Lipinski definition) is 4. The van der Waals surface area contributed by atoms with Gasteiger partial charge in [-0.15, -0.1) is 11.3 Å². The lowest BCUT2D eigenvalue weighted by Gasteiger charge is -2.21. The number of thiophene rings is 1. The predicted molar refractivity (Wildman–Crippen MR) is 116 cm³/mol. The van der Waals surface area contributed by atoms with Crippen LogP contribution >= 0.6 is 11.3 Å². The first-order valence-corrected chi connectivity index (χ1v) is 10.7. The first-order chi connectivity index (χ1) is 13.0. The van der Waals surface area contributed by atoms with Crippen molar-refractivity contribution in [3.63, 3.8) is 0 Å². The molecule has 0 spiro atoms. The van der Waals surface area contributed by atoms with Crippen LogP contribution < -0.4 is 5.56 Å². The van der Waals surface area contributed by atoms with Crippen molar-refractivity contribution in [1.82, 2.24) is 14.5 Å². The summed E-state index contributed by atoms with van der Waals surface area (Å²) < 4.78 is 1.90. The van der Waals surface area contributed by atoms with Crippen LogP contribution in [0, 0.1) is 6.92 Å². The number of hydrogen-bond donors (Lipinski definition) is 0. The highest BCUT2D eigenvalue weighted by Gasteiger charge is 2.19. The number of rotatable bonds is 7. The van der Waals surface area contributed by atoms with Crippen LogP contribution in [-0.2, 0) is 6.54 Å². The highest BCUT2D eigenvalue weighted by Crippen LogP contribution is 2.31. The Kier molecular flexibility index (Phi) is 6.12. The summed E-state index contributed by atoms with van der Waals surface area (Å²) in [5.41, 5.74) is 3.39. The molecule has 5 heteroatoms. The van der Waals surface area contributed by atoms with Crippen molar-refractivity contribution in [3.05, 3.63) is 51.4 Å². The SMILES string of the molecule is CCN(CC)CCn1c(C(C)C)nc2scc(-c3ccc(C)cc3)c2c1=O. The Morgan fingerprint density at radius 2 is 1.81 bits per heavy atom. The van der Waals surface area contributed by atoms with Gasteiger partial charge in [-0.2, -0.15) is 0 Å². The summed E-state index contributed by atoms with van der Waals surface area (Å²) in [6.45, 7) is 14.1. The van der Waals surface area contributed by atoms with Gasteiger partial charge in [-0.05, 0) is 25.6 Å². The van der Waals surface area contributed by atoms with E-state index < -0.39 is 0 Å². The van der Waals surface area contributed by atoms with E-state index in [2.05, 4.69) is 69.2 Å². The summed E-state index contributed by atoms with van der Waals surface area (Å²) in [6, 6.07) is 8.36. The Labute approximate surface area is 165 Å². The maximum atomic E-state index is 13.5. The van der Waals surface area contributed by atoms with Crippen LogP contribution in [0.15, 0.2) is 34.4 Å². The van der Waals surface area contributed by atoms with Crippen LogP contribution in [0.5, 0.6) is 0 Å². The van der Waals surface area contributed by atoms with Gasteiger partial charge in [0.1, 0.15) is 10.7 Å². The zero-order valence-electron chi connectivity index (χ0n) is 17.0. The first-order valence-electron chi connectivity index (χ1n) is 9.77. The number of fused-ring (bicyclic) bond motifs is 1. The molecule has 144 valence electrons. The fourth-order valence-electron chi connectivity index (χ4n) is 3.42. The van der Waals surface area contributed by atoms with Gasteiger partial charge in [0.25, 0.3) is 5.56 Å². The van der Waals surface area contributed by atoms with E-state index >= 15 is 0 Å². The lowest BCUT2D eigenvalue weighted by atomic mass is 10.0. The maximum Gasteiger partial charge on any atom is 0.262 e. The molecule has 0 atom stereocenters. The highest BCUT2D eigenvalue weighted by molar-refractivity contribution is 7.17. The average molecular weight is 384 g/mol. The molecule has 0 aliphatic rings. The van der Waals surface area contributed by atoms with Crippen molar-refractivity contribution in [2.75, 3.05) is 19.6 Å². The van der Waals surface area contributed by atoms with Gasteiger partial charge in [0.05, 0.1) is 5.39 Å². The summed E-state index contributed by atoms with van der Waals surface area (Å²) in [5, 5.41) is 2.83. The Hall–Kier alpha value is -1.98. The Balaban J connectivity index is 2.13. The van der Waals surface area contributed by atoms with Crippen LogP contribution in [0.25, 0.3) is 21.3 Å². The van der Waals surface area contributed by atoms with Crippen LogP contribution in [0.2, 0.25) is 0 Å². The van der Waals surface area contributed by atoms with E-state index in [1.165, 1.54) is 5.56 Å². The zero-order chi connectivity index (χ0) is 19.6. The van der Waals surface area contributed by atoms with E-state index in [4.69, 9.17) is 4.98 Å². The molecule has 0 saturated carbocycles. The number of nitrogens with zero attached hydrogens (tertiary/aromatic N) is 3. The third kappa shape index (κ3) is 3.99. The lowest BCUT2D eigenvalue weighted by Crippen LogP contribution is -2.33. The van der Waals surface area contributed by atoms with Crippen LogP contribution in [-0.4, -0.2) is 34.1 Å². The van der Waals surface area contributed by atoms with E-state index in [0.29, 0.717) is 6.54 Å². The van der Waals surface area contributed by atoms with Gasteiger partial charge in [-0.25, -0.2) is 4.98 Å². The quantitative estimate of drug-likeness (QED) is 0.582. The summed E-state index contributed by atoms with van der Waals surface area (Å²) in [7, 11) is 0. The van der Waals surface area contributed by atoms with Gasteiger partial charge >= 0.3 is 0 Å². The Morgan fingerprint density at radius 3 is 2.41 bits per heavy atom. The van der Waals surface area contributed by atoms with Gasteiger partial charge in [0.2, 0.25) is 0 Å². The van der Waals surface area contributed by atoms with Gasteiger partial charge in [0, 0.05) is 30.0 Å². The van der Waals surface area contributed by atoms with E-state index in [1.54, 1.807) is 11.3 Å². The zero-order valence-corrected chi connectivity index (χ0v) is 17.8. The minimum atomic E-state index is 0.0904. The van der Waals surface area contributed by atoms with E-state index in [0.717, 1.165) is 46.8 Å². The fourth-order valence-corrected chi connectivity index (χ4v) is 4.37. The topological polar surface area (TPSA) is 38.1 Å². The van der Waals surface area contributed by atoms with Crippen LogP contribution in [0.4, 0.5) is 0 Å². The molecule has 3 aromatic rings. The molecule has 2 heterocycles. The second-order valence-electron chi connectivity index (χ2n) is 7.30. The molecule has 2 aromatic heterocycles. The molecule has 0 fully saturated rings. The van der Waals surface area contributed by atoms with Gasteiger partial charge < -0.3 is 4.90 Å². The van der Waals surface area contributed by atoms with Crippen LogP contribution in [0.3, 0.4) is 0 Å². The summed E-state index contributed by atoms with van der Waals surface area (Å²) in [6.07, 6.45) is 0. The standard InChI is InChI=1S/C22H29N3OS/c1-6-24(7-2)12-13-25-20(15(3)4)23-21-19(22(25)26)18(14-27-21)17-10-8-16(5)9-11-17/h8-11,14-15H,6-7,12-13H2,1-5H3. The first kappa shape index (κ1) is 19.8. The number of benzene rings is 1. The minimum Gasteiger partial charge on any atom is -0.302 e. The van der Waals surface area contributed by atoms with Crippen molar-refractivity contribution in [2.24, 2.45) is 0 Å². The molecule has 0 unspecified atom stereocenters. The van der Waals surface area contributed by atoms with Crippen molar-refractivity contribution in [3.8, 4) is 11.1 Å². The average Bonchev–Trinajstić information content (AvgIpc) is 3.08. The molecule has 0 bridgehead atoms. The Morgan fingerprint density at radius 1 is 1.15 bits per heavy atom. The van der Waals surface area contributed by atoms with Crippen molar-refractivity contribution >= 4 is 21.6 Å². The van der Waals surface area contributed by atoms with Crippen molar-refractivity contribution in [1.29, 1.82) is 0 Å². The van der Waals surface area contributed by atoms with Crippen LogP contribution in [0.1, 0.15) is 45.0 Å². The second-order valence-corrected chi connectivity index (χ2v) is 8.16. The molecule has 0 saturated heterocycles. The monoisotopic (exact) mass is 383 g/mol. The summed E-state index contributed by atoms with van der Waals surface area (Å²) in [4.78, 5) is 21.6. The fraction of sp³-hybridized carbons (Fsp3) is 0.455. The molecule has 0 aliphatic heterocycles. The van der Waals surface area contributed by atoms with Gasteiger partial charge in [-0.3, -0.25) is 9.36 Å². The molecule has 0 radical (unpaired) electrons. The van der Waals surface area contributed by atoms with Gasteiger partial charge in [-0.1, -0.05) is 57.5 Å². The highest BCUT2D eigenvalue weighted by atomic mass is 32.1. The smallest absolute Gasteiger partial charge is 0.262 e. The molecule has 0 aliphatic carbocycles. The van der Waals surface area contributed by atoms with E-state index in [9.17, 15) is 4.79 Å². The summed E-state index contributed by atoms with van der Waals surface area (Å²) >= 11 is 1.57. The number of likely N-dealkylation sites (N-methyl/N-ethyl adjacent to an activating group) is 1. The number of aromatic nitrogens is 2. The third-order valence-electron chi connectivity index (χ3n) is 5.14. The van der Waals surface area contributed by atoms with Crippen molar-refractivity contribution in [2.45, 2.75) is 47.1 Å². The molecule has 1 aromatic carbocycles. The van der Waals surface area contributed by atoms with Gasteiger partial charge in [0.15, 0.2) is 0 Å². The second kappa shape index (κ2) is 8.36. The van der Waals surface area contributed by atoms with Crippen molar-refractivity contribution < 1.29 is 0 Å². The Bertz CT molecular complexity index is 966. The lowest BCUT2D eigenvalue weighted by molar-refractivity contribution is 0.286. The molecular formula is C22H29N3OS. The molecule has 0 N–H and O–H groups in total.